The molecule has 1 heterocycles. The minimum absolute atomic E-state index is 0.218. The van der Waals surface area contributed by atoms with Gasteiger partial charge in [0.2, 0.25) is 5.91 Å². The number of carbonyl (C=O) groups excluding carboxylic acids is 1. The predicted octanol–water partition coefficient (Wildman–Crippen LogP) is 4.23. The highest BCUT2D eigenvalue weighted by atomic mass is 16.1. The second-order valence-electron chi connectivity index (χ2n) is 8.07. The van der Waals surface area contributed by atoms with Crippen molar-refractivity contribution in [3.63, 3.8) is 0 Å². The lowest BCUT2D eigenvalue weighted by molar-refractivity contribution is -0.126. The predicted molar refractivity (Wildman–Crippen MR) is 103 cm³/mol. The van der Waals surface area contributed by atoms with E-state index in [-0.39, 0.29) is 5.92 Å². The van der Waals surface area contributed by atoms with Crippen LogP contribution < -0.4 is 5.32 Å². The summed E-state index contributed by atoms with van der Waals surface area (Å²) in [5.74, 6) is 1.95. The molecule has 0 spiro atoms. The summed E-state index contributed by atoms with van der Waals surface area (Å²) in [5.41, 5.74) is 1.40. The van der Waals surface area contributed by atoms with Crippen molar-refractivity contribution in [1.82, 2.24) is 10.2 Å². The molecule has 1 N–H and O–H groups in total. The van der Waals surface area contributed by atoms with Gasteiger partial charge in [-0.15, -0.1) is 0 Å². The summed E-state index contributed by atoms with van der Waals surface area (Å²) in [5, 5.41) is 3.44. The quantitative estimate of drug-likeness (QED) is 0.767. The second kappa shape index (κ2) is 8.84. The molecule has 1 aliphatic heterocycles. The van der Waals surface area contributed by atoms with E-state index < -0.39 is 0 Å². The topological polar surface area (TPSA) is 32.3 Å². The van der Waals surface area contributed by atoms with Gasteiger partial charge in [-0.05, 0) is 43.1 Å². The number of hydrogen-bond acceptors (Lipinski definition) is 2. The van der Waals surface area contributed by atoms with Gasteiger partial charge in [0.25, 0.3) is 0 Å². The maximum absolute atomic E-state index is 12.7. The van der Waals surface area contributed by atoms with Gasteiger partial charge < -0.3 is 5.32 Å². The third kappa shape index (κ3) is 4.63. The van der Waals surface area contributed by atoms with Crippen LogP contribution in [0.15, 0.2) is 30.3 Å². The zero-order valence-corrected chi connectivity index (χ0v) is 15.9. The second-order valence-corrected chi connectivity index (χ2v) is 8.07. The van der Waals surface area contributed by atoms with E-state index in [0.717, 1.165) is 44.7 Å². The van der Waals surface area contributed by atoms with E-state index in [0.29, 0.717) is 17.9 Å². The Morgan fingerprint density at radius 3 is 2.52 bits per heavy atom. The van der Waals surface area contributed by atoms with Crippen LogP contribution in [-0.2, 0) is 11.3 Å². The van der Waals surface area contributed by atoms with Crippen molar-refractivity contribution in [2.75, 3.05) is 13.1 Å². The van der Waals surface area contributed by atoms with Gasteiger partial charge in [0.1, 0.15) is 0 Å². The fraction of sp³-hybridized carbons (Fsp3) is 0.682. The van der Waals surface area contributed by atoms with E-state index in [2.05, 4.69) is 54.4 Å². The van der Waals surface area contributed by atoms with Crippen molar-refractivity contribution in [2.45, 2.75) is 65.0 Å². The Balaban J connectivity index is 1.54. The number of amides is 1. The number of rotatable bonds is 8. The maximum Gasteiger partial charge on any atom is 0.223 e. The molecule has 2 fully saturated rings. The minimum Gasteiger partial charge on any atom is -0.353 e. The molecule has 25 heavy (non-hydrogen) atoms. The molecule has 0 aromatic heterocycles. The molecule has 0 radical (unpaired) electrons. The number of likely N-dealkylation sites (tertiary alicyclic amines) is 1. The Hall–Kier alpha value is -1.35. The van der Waals surface area contributed by atoms with Crippen LogP contribution in [-0.4, -0.2) is 29.9 Å². The van der Waals surface area contributed by atoms with Gasteiger partial charge in [0.15, 0.2) is 0 Å². The molecule has 1 aromatic rings. The first-order valence-corrected chi connectivity index (χ1v) is 10.3. The Morgan fingerprint density at radius 2 is 1.84 bits per heavy atom. The lowest BCUT2D eigenvalue weighted by Gasteiger charge is -2.24. The standard InChI is InChI=1S/C22H34N2O/c1-3-8-18(9-4-2)22(25)23-21-13-12-19-15-24(16-20(19)21)14-17-10-6-5-7-11-17/h5-7,10-11,18-21H,3-4,8-9,12-16H2,1-2H3,(H,23,25)/t19-,20?,21?/m0/s1. The van der Waals surface area contributed by atoms with Crippen molar-refractivity contribution >= 4 is 5.91 Å². The summed E-state index contributed by atoms with van der Waals surface area (Å²) in [4.78, 5) is 15.3. The van der Waals surface area contributed by atoms with E-state index in [1.165, 1.54) is 24.9 Å². The molecule has 3 rings (SSSR count). The monoisotopic (exact) mass is 342 g/mol. The fourth-order valence-corrected chi connectivity index (χ4v) is 4.91. The average Bonchev–Trinajstić information content (AvgIpc) is 3.17. The normalized spacial score (nSPS) is 26.1. The Bertz CT molecular complexity index is 538. The van der Waals surface area contributed by atoms with Gasteiger partial charge in [-0.3, -0.25) is 9.69 Å². The summed E-state index contributed by atoms with van der Waals surface area (Å²) in [6.45, 7) is 7.73. The van der Waals surface area contributed by atoms with Gasteiger partial charge in [-0.1, -0.05) is 57.0 Å². The van der Waals surface area contributed by atoms with E-state index in [1.807, 2.05) is 0 Å². The van der Waals surface area contributed by atoms with Crippen molar-refractivity contribution in [3.8, 4) is 0 Å². The molecule has 138 valence electrons. The summed E-state index contributed by atoms with van der Waals surface area (Å²) < 4.78 is 0. The number of benzene rings is 1. The zero-order chi connectivity index (χ0) is 17.6. The summed E-state index contributed by atoms with van der Waals surface area (Å²) in [7, 11) is 0. The third-order valence-corrected chi connectivity index (χ3v) is 6.15. The highest BCUT2D eigenvalue weighted by Gasteiger charge is 2.43. The molecule has 0 bridgehead atoms. The molecule has 1 aliphatic carbocycles. The number of nitrogens with zero attached hydrogens (tertiary/aromatic N) is 1. The number of fused-ring (bicyclic) bond motifs is 1. The molecule has 1 amide bonds. The lowest BCUT2D eigenvalue weighted by atomic mass is 9.94. The van der Waals surface area contributed by atoms with Crippen molar-refractivity contribution in [3.05, 3.63) is 35.9 Å². The average molecular weight is 343 g/mol. The highest BCUT2D eigenvalue weighted by molar-refractivity contribution is 5.79. The van der Waals surface area contributed by atoms with Crippen LogP contribution in [0.1, 0.15) is 57.9 Å². The third-order valence-electron chi connectivity index (χ3n) is 6.15. The van der Waals surface area contributed by atoms with Gasteiger partial charge in [-0.2, -0.15) is 0 Å². The first-order valence-electron chi connectivity index (χ1n) is 10.3. The van der Waals surface area contributed by atoms with E-state index in [9.17, 15) is 4.79 Å². The van der Waals surface area contributed by atoms with Crippen molar-refractivity contribution in [2.24, 2.45) is 17.8 Å². The number of hydrogen-bond donors (Lipinski definition) is 1. The Morgan fingerprint density at radius 1 is 1.12 bits per heavy atom. The van der Waals surface area contributed by atoms with Crippen LogP contribution in [0.4, 0.5) is 0 Å². The first-order chi connectivity index (χ1) is 12.2. The van der Waals surface area contributed by atoms with E-state index >= 15 is 0 Å². The summed E-state index contributed by atoms with van der Waals surface area (Å²) >= 11 is 0. The maximum atomic E-state index is 12.7. The molecule has 2 aliphatic rings. The van der Waals surface area contributed by atoms with Gasteiger partial charge in [0.05, 0.1) is 0 Å². The molecular weight excluding hydrogens is 308 g/mol. The number of nitrogens with one attached hydrogen (secondary N) is 1. The molecule has 1 saturated heterocycles. The van der Waals surface area contributed by atoms with Crippen molar-refractivity contribution in [1.29, 1.82) is 0 Å². The Labute approximate surface area is 153 Å². The summed E-state index contributed by atoms with van der Waals surface area (Å²) in [6, 6.07) is 11.2. The van der Waals surface area contributed by atoms with Crippen LogP contribution in [0, 0.1) is 17.8 Å². The molecule has 1 aromatic carbocycles. The molecule has 3 heteroatoms. The Kier molecular flexibility index (Phi) is 6.52. The largest absolute Gasteiger partial charge is 0.353 e. The van der Waals surface area contributed by atoms with E-state index in [4.69, 9.17) is 0 Å². The van der Waals surface area contributed by atoms with Crippen LogP contribution in [0.5, 0.6) is 0 Å². The minimum atomic E-state index is 0.218. The lowest BCUT2D eigenvalue weighted by Crippen LogP contribution is -2.42. The SMILES string of the molecule is CCCC(CCC)C(=O)NC1CC[C@H]2CN(Cc3ccccc3)CC12. The first kappa shape index (κ1) is 18.4. The molecule has 2 unspecified atom stereocenters. The van der Waals surface area contributed by atoms with Crippen molar-refractivity contribution < 1.29 is 4.79 Å². The zero-order valence-electron chi connectivity index (χ0n) is 15.9. The van der Waals surface area contributed by atoms with E-state index in [1.54, 1.807) is 0 Å². The molecule has 1 saturated carbocycles. The molecule has 3 atom stereocenters. The highest BCUT2D eigenvalue weighted by Crippen LogP contribution is 2.39. The molecular formula is C22H34N2O. The molecule has 3 nitrogen and oxygen atoms in total. The van der Waals surface area contributed by atoms with Gasteiger partial charge in [0, 0.05) is 31.6 Å². The van der Waals surface area contributed by atoms with Crippen LogP contribution in [0.25, 0.3) is 0 Å². The van der Waals surface area contributed by atoms with Crippen LogP contribution >= 0.6 is 0 Å². The van der Waals surface area contributed by atoms with Crippen LogP contribution in [0.2, 0.25) is 0 Å². The van der Waals surface area contributed by atoms with Gasteiger partial charge in [-0.25, -0.2) is 0 Å². The van der Waals surface area contributed by atoms with Crippen LogP contribution in [0.3, 0.4) is 0 Å². The number of carbonyl (C=O) groups is 1. The van der Waals surface area contributed by atoms with Gasteiger partial charge >= 0.3 is 0 Å². The fourth-order valence-electron chi connectivity index (χ4n) is 4.91. The smallest absolute Gasteiger partial charge is 0.223 e. The summed E-state index contributed by atoms with van der Waals surface area (Å²) in [6.07, 6.45) is 6.69.